The number of hydrogen-bond acceptors (Lipinski definition) is 6. The molecule has 0 spiro atoms. The highest BCUT2D eigenvalue weighted by Gasteiger charge is 2.73. The van der Waals surface area contributed by atoms with E-state index in [9.17, 15) is 22.8 Å². The van der Waals surface area contributed by atoms with Gasteiger partial charge in [0.05, 0.1) is 54.6 Å². The number of halogens is 4. The number of imide groups is 1. The third-order valence-corrected chi connectivity index (χ3v) is 6.50. The first-order valence-corrected chi connectivity index (χ1v) is 10.1. The number of benzene rings is 1. The summed E-state index contributed by atoms with van der Waals surface area (Å²) in [4.78, 5) is 27.0. The average Bonchev–Trinajstić information content (AvgIpc) is 3.25. The molecule has 0 radical (unpaired) electrons. The van der Waals surface area contributed by atoms with Crippen LogP contribution in [0.2, 0.25) is 0 Å². The molecule has 0 aliphatic carbocycles. The Morgan fingerprint density at radius 3 is 2.45 bits per heavy atom. The van der Waals surface area contributed by atoms with Gasteiger partial charge in [-0.25, -0.2) is 9.29 Å². The number of hydrogen-bond donors (Lipinski definition) is 0. The number of nitrogens with zero attached hydrogens (tertiary/aromatic N) is 2. The fraction of sp³-hybridized carbons (Fsp3) is 0.500. The fourth-order valence-electron chi connectivity index (χ4n) is 5.11. The molecule has 7 nitrogen and oxygen atoms in total. The SMILES string of the molecule is COCCOCC1=C[C@@]2(C)O[C@]1(C)[C@@H]1C(=O)N(c3ccc(C#N)c(C(F)(F)F)c3F)C(=O)[C@@H]12. The fourth-order valence-corrected chi connectivity index (χ4v) is 5.11. The van der Waals surface area contributed by atoms with Crippen molar-refractivity contribution in [3.63, 3.8) is 0 Å². The molecule has 2 fully saturated rings. The Labute approximate surface area is 186 Å². The van der Waals surface area contributed by atoms with Crippen LogP contribution in [0.25, 0.3) is 0 Å². The van der Waals surface area contributed by atoms with Gasteiger partial charge in [0.25, 0.3) is 0 Å². The van der Waals surface area contributed by atoms with E-state index >= 15 is 4.39 Å². The van der Waals surface area contributed by atoms with Crippen molar-refractivity contribution in [1.29, 1.82) is 5.26 Å². The molecule has 33 heavy (non-hydrogen) atoms. The van der Waals surface area contributed by atoms with E-state index in [-0.39, 0.29) is 13.2 Å². The molecule has 0 aromatic heterocycles. The van der Waals surface area contributed by atoms with Gasteiger partial charge >= 0.3 is 6.18 Å². The van der Waals surface area contributed by atoms with E-state index in [4.69, 9.17) is 19.5 Å². The Morgan fingerprint density at radius 2 is 1.85 bits per heavy atom. The second kappa shape index (κ2) is 7.62. The van der Waals surface area contributed by atoms with Gasteiger partial charge in [-0.15, -0.1) is 0 Å². The Bertz CT molecular complexity index is 1110. The normalized spacial score (nSPS) is 30.6. The molecule has 3 heterocycles. The van der Waals surface area contributed by atoms with E-state index in [0.29, 0.717) is 17.1 Å². The third-order valence-electron chi connectivity index (χ3n) is 6.50. The molecular weight excluding hydrogens is 448 g/mol. The van der Waals surface area contributed by atoms with Crippen LogP contribution in [-0.4, -0.2) is 49.9 Å². The van der Waals surface area contributed by atoms with Crippen LogP contribution in [0.1, 0.15) is 25.0 Å². The second-order valence-electron chi connectivity index (χ2n) is 8.51. The van der Waals surface area contributed by atoms with Gasteiger partial charge in [0.2, 0.25) is 11.8 Å². The number of fused-ring (bicyclic) bond motifs is 5. The molecular formula is C22H20F4N2O5. The molecule has 3 aliphatic heterocycles. The highest BCUT2D eigenvalue weighted by molar-refractivity contribution is 6.23. The molecule has 11 heteroatoms. The van der Waals surface area contributed by atoms with Gasteiger partial charge in [-0.1, -0.05) is 0 Å². The molecule has 4 atom stereocenters. The number of amides is 2. The van der Waals surface area contributed by atoms with Crippen LogP contribution in [-0.2, 0) is 30.0 Å². The molecule has 176 valence electrons. The first-order valence-electron chi connectivity index (χ1n) is 10.1. The molecule has 4 rings (SSSR count). The topological polar surface area (TPSA) is 88.9 Å². The van der Waals surface area contributed by atoms with Crippen LogP contribution in [0, 0.1) is 29.0 Å². The first kappa shape index (κ1) is 23.4. The summed E-state index contributed by atoms with van der Waals surface area (Å²) >= 11 is 0. The van der Waals surface area contributed by atoms with Crippen molar-refractivity contribution < 1.29 is 41.4 Å². The van der Waals surface area contributed by atoms with E-state index in [1.807, 2.05) is 0 Å². The van der Waals surface area contributed by atoms with Crippen molar-refractivity contribution in [2.24, 2.45) is 11.8 Å². The van der Waals surface area contributed by atoms with Crippen molar-refractivity contribution in [3.8, 4) is 6.07 Å². The van der Waals surface area contributed by atoms with E-state index < -0.39 is 63.7 Å². The molecule has 0 N–H and O–H groups in total. The van der Waals surface area contributed by atoms with E-state index in [2.05, 4.69) is 0 Å². The Balaban J connectivity index is 1.72. The zero-order chi connectivity index (χ0) is 24.3. The Hall–Kier alpha value is -2.81. The lowest BCUT2D eigenvalue weighted by atomic mass is 9.69. The van der Waals surface area contributed by atoms with Crippen molar-refractivity contribution in [2.75, 3.05) is 31.8 Å². The number of ether oxygens (including phenoxy) is 3. The number of nitriles is 1. The minimum absolute atomic E-state index is 0.101. The van der Waals surface area contributed by atoms with Gasteiger partial charge in [-0.2, -0.15) is 18.4 Å². The van der Waals surface area contributed by atoms with Gasteiger partial charge in [-0.3, -0.25) is 9.59 Å². The maximum absolute atomic E-state index is 15.0. The Morgan fingerprint density at radius 1 is 1.18 bits per heavy atom. The molecule has 1 aromatic rings. The van der Waals surface area contributed by atoms with Gasteiger partial charge in [0.1, 0.15) is 11.2 Å². The molecule has 3 aliphatic rings. The van der Waals surface area contributed by atoms with Crippen molar-refractivity contribution in [1.82, 2.24) is 0 Å². The summed E-state index contributed by atoms with van der Waals surface area (Å²) in [7, 11) is 1.51. The maximum atomic E-state index is 15.0. The molecule has 2 amide bonds. The molecule has 2 saturated heterocycles. The van der Waals surface area contributed by atoms with Crippen LogP contribution in [0.3, 0.4) is 0 Å². The predicted octanol–water partition coefficient (Wildman–Crippen LogP) is 2.97. The highest BCUT2D eigenvalue weighted by Crippen LogP contribution is 2.60. The van der Waals surface area contributed by atoms with Gasteiger partial charge < -0.3 is 14.2 Å². The van der Waals surface area contributed by atoms with Crippen LogP contribution in [0.4, 0.5) is 23.2 Å². The van der Waals surface area contributed by atoms with Crippen LogP contribution in [0.5, 0.6) is 0 Å². The van der Waals surface area contributed by atoms with Crippen molar-refractivity contribution in [2.45, 2.75) is 31.2 Å². The molecule has 2 bridgehead atoms. The molecule has 0 unspecified atom stereocenters. The smallest absolute Gasteiger partial charge is 0.382 e. The van der Waals surface area contributed by atoms with Gasteiger partial charge in [0.15, 0.2) is 5.82 Å². The zero-order valence-electron chi connectivity index (χ0n) is 18.0. The number of methoxy groups -OCH3 is 1. The van der Waals surface area contributed by atoms with Gasteiger partial charge in [-0.05, 0) is 37.6 Å². The number of anilines is 1. The average molecular weight is 468 g/mol. The quantitative estimate of drug-likeness (QED) is 0.276. The molecule has 1 aromatic carbocycles. The van der Waals surface area contributed by atoms with Crippen molar-refractivity contribution >= 4 is 17.5 Å². The lowest BCUT2D eigenvalue weighted by molar-refractivity contribution is -0.140. The van der Waals surface area contributed by atoms with Gasteiger partial charge in [0, 0.05) is 7.11 Å². The Kier molecular flexibility index (Phi) is 5.39. The van der Waals surface area contributed by atoms with E-state index in [1.54, 1.807) is 19.9 Å². The summed E-state index contributed by atoms with van der Waals surface area (Å²) in [6, 6.07) is 2.88. The summed E-state index contributed by atoms with van der Waals surface area (Å²) in [5, 5.41) is 8.97. The number of carbonyl (C=O) groups excluding carboxylic acids is 2. The number of alkyl halides is 3. The van der Waals surface area contributed by atoms with Crippen molar-refractivity contribution in [3.05, 3.63) is 40.7 Å². The minimum atomic E-state index is -5.19. The summed E-state index contributed by atoms with van der Waals surface area (Å²) in [6.07, 6.45) is -3.51. The number of rotatable bonds is 6. The summed E-state index contributed by atoms with van der Waals surface area (Å²) in [6.45, 7) is 3.94. The second-order valence-corrected chi connectivity index (χ2v) is 8.51. The maximum Gasteiger partial charge on any atom is 0.420 e. The van der Waals surface area contributed by atoms with E-state index in [1.165, 1.54) is 13.2 Å². The van der Waals surface area contributed by atoms with Crippen LogP contribution < -0.4 is 4.90 Å². The third kappa shape index (κ3) is 3.27. The minimum Gasteiger partial charge on any atom is -0.382 e. The van der Waals surface area contributed by atoms with Crippen LogP contribution >= 0.6 is 0 Å². The standard InChI is InChI=1S/C22H20F4N2O5/c1-20-8-12(10-32-7-6-31-3)21(2,33-20)16-15(20)18(29)28(19(16)30)13-5-4-11(9-27)14(17(13)23)22(24,25)26/h4-5,8,15-16H,6-7,10H2,1-3H3/t15-,16+,20-,21+/m1/s1. The summed E-state index contributed by atoms with van der Waals surface area (Å²) in [5.74, 6) is -5.67. The van der Waals surface area contributed by atoms with E-state index in [0.717, 1.165) is 12.1 Å². The van der Waals surface area contributed by atoms with Crippen LogP contribution in [0.15, 0.2) is 23.8 Å². The lowest BCUT2D eigenvalue weighted by Crippen LogP contribution is -2.42. The monoisotopic (exact) mass is 468 g/mol. The lowest BCUT2D eigenvalue weighted by Gasteiger charge is -2.30. The first-order chi connectivity index (χ1) is 15.4. The summed E-state index contributed by atoms with van der Waals surface area (Å²) < 4.78 is 71.9. The zero-order valence-corrected chi connectivity index (χ0v) is 18.0. The summed E-state index contributed by atoms with van der Waals surface area (Å²) in [5.41, 5.74) is -5.44. The molecule has 0 saturated carbocycles. The highest BCUT2D eigenvalue weighted by atomic mass is 19.4. The number of carbonyl (C=O) groups is 2. The predicted molar refractivity (Wildman–Crippen MR) is 104 cm³/mol. The largest absolute Gasteiger partial charge is 0.420 e.